The zero-order valence-corrected chi connectivity index (χ0v) is 23.4. The summed E-state index contributed by atoms with van der Waals surface area (Å²) in [5.41, 5.74) is 3.81. The molecule has 3 N–H and O–H groups in total. The number of carboxylic acid groups (broad SMARTS) is 1. The monoisotopic (exact) mass is 581 g/mol. The minimum absolute atomic E-state index is 0.0488. The van der Waals surface area contributed by atoms with Crippen molar-refractivity contribution in [2.24, 2.45) is 0 Å². The highest BCUT2D eigenvalue weighted by Crippen LogP contribution is 2.38. The number of carboxylic acids is 1. The molecule has 5 rings (SSSR count). The highest BCUT2D eigenvalue weighted by atomic mass is 32.2. The number of piperidine rings is 1. The smallest absolute Gasteiger partial charge is 0.325 e. The van der Waals surface area contributed by atoms with Gasteiger partial charge < -0.3 is 15.3 Å². The summed E-state index contributed by atoms with van der Waals surface area (Å²) in [7, 11) is -3.79. The lowest BCUT2D eigenvalue weighted by atomic mass is 9.96. The van der Waals surface area contributed by atoms with E-state index in [-0.39, 0.29) is 32.0 Å². The third kappa shape index (κ3) is 5.19. The second-order valence-electron chi connectivity index (χ2n) is 9.42. The van der Waals surface area contributed by atoms with Crippen molar-refractivity contribution in [1.29, 1.82) is 0 Å². The number of fused-ring (bicyclic) bond motifs is 1. The molecule has 0 atom stereocenters. The van der Waals surface area contributed by atoms with Gasteiger partial charge in [0.05, 0.1) is 15.9 Å². The van der Waals surface area contributed by atoms with E-state index in [0.717, 1.165) is 33.3 Å². The summed E-state index contributed by atoms with van der Waals surface area (Å²) in [5, 5.41) is 15.6. The number of amides is 2. The molecule has 208 valence electrons. The first-order valence-corrected chi connectivity index (χ1v) is 15.2. The molecule has 40 heavy (non-hydrogen) atoms. The van der Waals surface area contributed by atoms with E-state index in [2.05, 4.69) is 30.6 Å². The van der Waals surface area contributed by atoms with Gasteiger partial charge in [-0.2, -0.15) is 0 Å². The molecule has 14 heteroatoms. The van der Waals surface area contributed by atoms with E-state index in [1.165, 1.54) is 11.3 Å². The first-order chi connectivity index (χ1) is 19.1. The number of carbonyl (C=O) groups is 2. The van der Waals surface area contributed by atoms with Crippen molar-refractivity contribution in [2.75, 3.05) is 36.1 Å². The van der Waals surface area contributed by atoms with E-state index in [1.807, 2.05) is 37.3 Å². The maximum absolute atomic E-state index is 12.2. The van der Waals surface area contributed by atoms with Crippen LogP contribution in [0.1, 0.15) is 19.8 Å². The number of urea groups is 1. The van der Waals surface area contributed by atoms with Crippen LogP contribution in [0.4, 0.5) is 15.9 Å². The number of thiazole rings is 1. The topological polar surface area (TPSA) is 167 Å². The largest absolute Gasteiger partial charge is 0.480 e. The molecule has 1 fully saturated rings. The number of sulfone groups is 1. The van der Waals surface area contributed by atoms with E-state index in [4.69, 9.17) is 0 Å². The van der Waals surface area contributed by atoms with Crippen molar-refractivity contribution in [3.05, 3.63) is 48.9 Å². The summed E-state index contributed by atoms with van der Waals surface area (Å²) in [6.07, 6.45) is 5.92. The Balaban J connectivity index is 1.45. The van der Waals surface area contributed by atoms with E-state index >= 15 is 0 Å². The maximum atomic E-state index is 12.2. The number of benzene rings is 1. The number of aliphatic carboxylic acids is 1. The lowest BCUT2D eigenvalue weighted by Gasteiger charge is -2.37. The molecule has 0 radical (unpaired) electrons. The molecule has 0 saturated carbocycles. The molecule has 2 amide bonds. The highest BCUT2D eigenvalue weighted by Gasteiger charge is 2.50. The Labute approximate surface area is 234 Å². The second kappa shape index (κ2) is 10.8. The van der Waals surface area contributed by atoms with Crippen molar-refractivity contribution in [3.8, 4) is 22.4 Å². The van der Waals surface area contributed by atoms with Gasteiger partial charge in [-0.05, 0) is 49.6 Å². The molecule has 0 aliphatic carbocycles. The van der Waals surface area contributed by atoms with Crippen LogP contribution in [0.5, 0.6) is 0 Å². The first kappa shape index (κ1) is 27.4. The lowest BCUT2D eigenvalue weighted by Crippen LogP contribution is -2.54. The Morgan fingerprint density at radius 3 is 2.42 bits per heavy atom. The predicted molar refractivity (Wildman–Crippen MR) is 153 cm³/mol. The van der Waals surface area contributed by atoms with Gasteiger partial charge in [-0.1, -0.05) is 17.4 Å². The molecule has 4 heterocycles. The highest BCUT2D eigenvalue weighted by molar-refractivity contribution is 7.92. The number of hydrogen-bond donors (Lipinski definition) is 3. The summed E-state index contributed by atoms with van der Waals surface area (Å²) in [6.45, 7) is 2.73. The van der Waals surface area contributed by atoms with Gasteiger partial charge in [0.15, 0.2) is 19.7 Å². The third-order valence-corrected chi connectivity index (χ3v) is 9.94. The molecule has 0 spiro atoms. The zero-order chi connectivity index (χ0) is 28.5. The number of rotatable bonds is 7. The van der Waals surface area contributed by atoms with Gasteiger partial charge >= 0.3 is 12.0 Å². The molecule has 1 aromatic carbocycles. The zero-order valence-electron chi connectivity index (χ0n) is 21.8. The summed E-state index contributed by atoms with van der Waals surface area (Å²) in [6, 6.07) is 9.18. The Morgan fingerprint density at radius 1 is 1.10 bits per heavy atom. The SMILES string of the molecule is CCNC(=O)Nc1nc2cc(-c3cnc(N4CCC(C(=O)O)(S(C)(=O)=O)CC4)nc3)cc(-c3ccccn3)c2s1. The van der Waals surface area contributed by atoms with E-state index < -0.39 is 20.6 Å². The van der Waals surface area contributed by atoms with Crippen LogP contribution in [-0.4, -0.2) is 76.1 Å². The molecule has 0 unspecified atom stereocenters. The van der Waals surface area contributed by atoms with Crippen LogP contribution in [0.25, 0.3) is 32.6 Å². The minimum atomic E-state index is -3.79. The number of anilines is 2. The van der Waals surface area contributed by atoms with Crippen molar-refractivity contribution in [1.82, 2.24) is 25.3 Å². The number of carbonyl (C=O) groups excluding carboxylic acids is 1. The number of pyridine rings is 1. The molecule has 12 nitrogen and oxygen atoms in total. The molecule has 1 saturated heterocycles. The van der Waals surface area contributed by atoms with Crippen LogP contribution >= 0.6 is 11.3 Å². The Morgan fingerprint density at radius 2 is 1.82 bits per heavy atom. The van der Waals surface area contributed by atoms with Crippen molar-refractivity contribution in [3.63, 3.8) is 0 Å². The second-order valence-corrected chi connectivity index (χ2v) is 12.7. The van der Waals surface area contributed by atoms with Crippen LogP contribution in [-0.2, 0) is 14.6 Å². The van der Waals surface area contributed by atoms with Gasteiger partial charge in [0.1, 0.15) is 0 Å². The van der Waals surface area contributed by atoms with Crippen LogP contribution < -0.4 is 15.5 Å². The van der Waals surface area contributed by atoms with Gasteiger partial charge in [-0.25, -0.2) is 28.2 Å². The average Bonchev–Trinajstić information content (AvgIpc) is 3.34. The molecular weight excluding hydrogens is 554 g/mol. The fourth-order valence-corrected chi connectivity index (χ4v) is 6.92. The number of nitrogens with one attached hydrogen (secondary N) is 2. The lowest BCUT2D eigenvalue weighted by molar-refractivity contribution is -0.140. The predicted octanol–water partition coefficient (Wildman–Crippen LogP) is 3.42. The number of nitrogens with zero attached hydrogens (tertiary/aromatic N) is 5. The van der Waals surface area contributed by atoms with Gasteiger partial charge in [0.25, 0.3) is 0 Å². The molecular formula is C26H27N7O5S2. The molecule has 1 aliphatic heterocycles. The van der Waals surface area contributed by atoms with Gasteiger partial charge in [0, 0.05) is 55.6 Å². The standard InChI is InChI=1S/C26H27N7O5S2/c1-3-27-24(36)32-25-31-20-13-16(12-18(21(20)39-25)19-6-4-5-9-28-19)17-14-29-23(30-15-17)33-10-7-26(8-11-33,22(34)35)40(2,37)38/h4-6,9,12-15H,3,7-8,10-11H2,1-2H3,(H,34,35)(H2,27,31,32,36). The van der Waals surface area contributed by atoms with E-state index in [0.29, 0.717) is 23.1 Å². The maximum Gasteiger partial charge on any atom is 0.325 e. The van der Waals surface area contributed by atoms with Crippen molar-refractivity contribution < 1.29 is 23.1 Å². The van der Waals surface area contributed by atoms with Gasteiger partial charge in [-0.3, -0.25) is 15.1 Å². The Hall–Kier alpha value is -4.17. The Kier molecular flexibility index (Phi) is 7.38. The van der Waals surface area contributed by atoms with Crippen LogP contribution in [0.2, 0.25) is 0 Å². The molecule has 3 aromatic heterocycles. The fourth-order valence-electron chi connectivity index (χ4n) is 4.71. The minimum Gasteiger partial charge on any atom is -0.480 e. The number of hydrogen-bond acceptors (Lipinski definition) is 10. The van der Waals surface area contributed by atoms with Crippen LogP contribution in [0.3, 0.4) is 0 Å². The van der Waals surface area contributed by atoms with Crippen molar-refractivity contribution >= 4 is 54.5 Å². The van der Waals surface area contributed by atoms with Crippen LogP contribution in [0.15, 0.2) is 48.9 Å². The van der Waals surface area contributed by atoms with Crippen molar-refractivity contribution in [2.45, 2.75) is 24.5 Å². The normalized spacial score (nSPS) is 15.1. The van der Waals surface area contributed by atoms with Crippen LogP contribution in [0, 0.1) is 0 Å². The summed E-state index contributed by atoms with van der Waals surface area (Å²) in [5.74, 6) is -0.930. The molecule has 4 aromatic rings. The van der Waals surface area contributed by atoms with E-state index in [1.54, 1.807) is 23.5 Å². The fraction of sp³-hybridized carbons (Fsp3) is 0.308. The van der Waals surface area contributed by atoms with E-state index in [9.17, 15) is 23.1 Å². The quantitative estimate of drug-likeness (QED) is 0.294. The first-order valence-electron chi connectivity index (χ1n) is 12.5. The molecule has 0 bridgehead atoms. The molecule has 1 aliphatic rings. The summed E-state index contributed by atoms with van der Waals surface area (Å²) < 4.78 is 23.6. The third-order valence-electron chi connectivity index (χ3n) is 6.91. The number of aromatic nitrogens is 4. The van der Waals surface area contributed by atoms with Gasteiger partial charge in [0.2, 0.25) is 5.95 Å². The Bertz CT molecular complexity index is 1670. The summed E-state index contributed by atoms with van der Waals surface area (Å²) >= 11 is 1.36. The summed E-state index contributed by atoms with van der Waals surface area (Å²) in [4.78, 5) is 43.8. The average molecular weight is 582 g/mol. The van der Waals surface area contributed by atoms with Gasteiger partial charge in [-0.15, -0.1) is 0 Å².